The van der Waals surface area contributed by atoms with Gasteiger partial charge in [-0.3, -0.25) is 4.90 Å². The maximum atomic E-state index is 11.2. The topological polar surface area (TPSA) is 58.7 Å². The van der Waals surface area contributed by atoms with Gasteiger partial charge in [0.05, 0.1) is 7.11 Å². The first-order valence-corrected chi connectivity index (χ1v) is 9.32. The molecule has 1 aliphatic carbocycles. The molecule has 136 valence electrons. The van der Waals surface area contributed by atoms with Crippen molar-refractivity contribution in [2.45, 2.75) is 38.3 Å². The van der Waals surface area contributed by atoms with Crippen LogP contribution in [0.4, 0.5) is 5.69 Å². The summed E-state index contributed by atoms with van der Waals surface area (Å²) in [4.78, 5) is 2.25. The van der Waals surface area contributed by atoms with Crippen molar-refractivity contribution in [3.8, 4) is 5.75 Å². The van der Waals surface area contributed by atoms with Crippen LogP contribution in [-0.4, -0.2) is 35.9 Å². The lowest BCUT2D eigenvalue weighted by Gasteiger charge is -2.46. The van der Waals surface area contributed by atoms with E-state index in [9.17, 15) is 5.11 Å². The van der Waals surface area contributed by atoms with Crippen LogP contribution in [-0.2, 0) is 6.42 Å². The van der Waals surface area contributed by atoms with E-state index in [1.165, 1.54) is 5.56 Å². The van der Waals surface area contributed by atoms with E-state index >= 15 is 0 Å². The number of anilines is 1. The van der Waals surface area contributed by atoms with E-state index in [2.05, 4.69) is 24.0 Å². The zero-order valence-corrected chi connectivity index (χ0v) is 15.3. The minimum absolute atomic E-state index is 0.172. The fourth-order valence-electron chi connectivity index (χ4n) is 4.13. The summed E-state index contributed by atoms with van der Waals surface area (Å²) in [6.07, 6.45) is 12.2. The number of allylic oxidation sites excluding steroid dienone is 2. The Kier molecular flexibility index (Phi) is 5.50. The molecule has 0 aromatic heterocycles. The number of benzene rings is 1. The molecule has 0 radical (unpaired) electrons. The lowest BCUT2D eigenvalue weighted by molar-refractivity contribution is -0.112. The second-order valence-electron chi connectivity index (χ2n) is 7.24. The van der Waals surface area contributed by atoms with Crippen molar-refractivity contribution in [1.29, 1.82) is 0 Å². The summed E-state index contributed by atoms with van der Waals surface area (Å²) in [5.74, 6) is 1.59. The second kappa shape index (κ2) is 7.63. The highest BCUT2D eigenvalue weighted by Crippen LogP contribution is 2.35. The van der Waals surface area contributed by atoms with Crippen LogP contribution in [0.15, 0.2) is 42.5 Å². The molecule has 0 amide bonds. The zero-order valence-electron chi connectivity index (χ0n) is 15.3. The van der Waals surface area contributed by atoms with Crippen molar-refractivity contribution in [2.75, 3.05) is 25.9 Å². The van der Waals surface area contributed by atoms with Gasteiger partial charge >= 0.3 is 0 Å². The molecular formula is C21H30N2O2. The lowest BCUT2D eigenvalue weighted by Crippen LogP contribution is -2.55. The average molecular weight is 342 g/mol. The second-order valence-corrected chi connectivity index (χ2v) is 7.24. The molecule has 1 heterocycles. The van der Waals surface area contributed by atoms with Gasteiger partial charge in [0.2, 0.25) is 0 Å². The largest absolute Gasteiger partial charge is 0.497 e. The Hall–Kier alpha value is -1.78. The predicted molar refractivity (Wildman–Crippen MR) is 102 cm³/mol. The van der Waals surface area contributed by atoms with Crippen LogP contribution < -0.4 is 10.5 Å². The summed E-state index contributed by atoms with van der Waals surface area (Å²) < 4.78 is 5.23. The van der Waals surface area contributed by atoms with Gasteiger partial charge in [-0.25, -0.2) is 0 Å². The maximum Gasteiger partial charge on any atom is 0.144 e. The molecule has 0 spiro atoms. The van der Waals surface area contributed by atoms with Crippen LogP contribution in [0.1, 0.15) is 31.7 Å². The van der Waals surface area contributed by atoms with Gasteiger partial charge in [-0.05, 0) is 49.3 Å². The number of hydrogen-bond acceptors (Lipinski definition) is 4. The molecule has 4 heteroatoms. The summed E-state index contributed by atoms with van der Waals surface area (Å²) in [6, 6.07) is 5.96. The molecule has 3 rings (SSSR count). The van der Waals surface area contributed by atoms with Gasteiger partial charge in [-0.1, -0.05) is 31.2 Å². The number of hydrogen-bond donors (Lipinski definition) is 2. The van der Waals surface area contributed by atoms with E-state index in [0.29, 0.717) is 5.92 Å². The van der Waals surface area contributed by atoms with Crippen LogP contribution in [0.25, 0.3) is 0 Å². The van der Waals surface area contributed by atoms with Crippen molar-refractivity contribution >= 4 is 5.69 Å². The van der Waals surface area contributed by atoms with Crippen LogP contribution >= 0.6 is 0 Å². The van der Waals surface area contributed by atoms with Crippen LogP contribution in [0.3, 0.4) is 0 Å². The van der Waals surface area contributed by atoms with Crippen LogP contribution in [0.2, 0.25) is 0 Å². The van der Waals surface area contributed by atoms with Crippen molar-refractivity contribution in [2.24, 2.45) is 11.8 Å². The summed E-state index contributed by atoms with van der Waals surface area (Å²) in [5, 5.41) is 11.2. The van der Waals surface area contributed by atoms with E-state index in [1.54, 1.807) is 7.11 Å². The lowest BCUT2D eigenvalue weighted by atomic mass is 9.83. The highest BCUT2D eigenvalue weighted by molar-refractivity contribution is 5.51. The fraction of sp³-hybridized carbons (Fsp3) is 0.524. The first-order chi connectivity index (χ1) is 12.1. The van der Waals surface area contributed by atoms with E-state index in [4.69, 9.17) is 10.5 Å². The van der Waals surface area contributed by atoms with E-state index < -0.39 is 5.72 Å². The Bertz CT molecular complexity index is 647. The first kappa shape index (κ1) is 18.0. The number of aliphatic hydroxyl groups is 1. The molecule has 1 aliphatic heterocycles. The molecule has 0 bridgehead atoms. The molecule has 1 unspecified atom stereocenters. The minimum Gasteiger partial charge on any atom is -0.497 e. The molecule has 1 aromatic rings. The van der Waals surface area contributed by atoms with Crippen molar-refractivity contribution < 1.29 is 9.84 Å². The molecule has 1 saturated heterocycles. The Balaban J connectivity index is 1.60. The van der Waals surface area contributed by atoms with E-state index in [1.807, 2.05) is 30.4 Å². The summed E-state index contributed by atoms with van der Waals surface area (Å²) in [6.45, 7) is 3.98. The quantitative estimate of drug-likeness (QED) is 0.806. The Morgan fingerprint density at radius 1 is 1.28 bits per heavy atom. The van der Waals surface area contributed by atoms with Gasteiger partial charge in [0.1, 0.15) is 11.5 Å². The van der Waals surface area contributed by atoms with Gasteiger partial charge in [-0.15, -0.1) is 0 Å². The minimum atomic E-state index is -0.826. The summed E-state index contributed by atoms with van der Waals surface area (Å²) >= 11 is 0. The van der Waals surface area contributed by atoms with Crippen molar-refractivity contribution in [1.82, 2.24) is 4.90 Å². The molecule has 2 atom stereocenters. The molecule has 4 nitrogen and oxygen atoms in total. The standard InChI is InChI=1S/C21H30N2O2/c1-3-18-6-4-5-11-21(18,24)23-12-9-16(10-13-23)14-17-7-8-19(25-2)15-20(17)22/h4-8,11,15-16,18,24H,3,9-10,12-14,22H2,1-2H3/t18?,21-/m0/s1. The Labute approximate surface area is 151 Å². The third-order valence-electron chi connectivity index (χ3n) is 5.76. The average Bonchev–Trinajstić information content (AvgIpc) is 2.64. The number of likely N-dealkylation sites (tertiary alicyclic amines) is 1. The molecule has 3 N–H and O–H groups in total. The number of rotatable bonds is 5. The maximum absolute atomic E-state index is 11.2. The number of methoxy groups -OCH3 is 1. The van der Waals surface area contributed by atoms with E-state index in [0.717, 1.165) is 50.2 Å². The van der Waals surface area contributed by atoms with E-state index in [-0.39, 0.29) is 5.92 Å². The van der Waals surface area contributed by atoms with Gasteiger partial charge in [-0.2, -0.15) is 0 Å². The number of piperidine rings is 1. The molecule has 2 aliphatic rings. The SMILES string of the molecule is CCC1C=CC=C[C@@]1(O)N1CCC(Cc2ccc(OC)cc2N)CC1. The third kappa shape index (κ3) is 3.75. The van der Waals surface area contributed by atoms with Gasteiger partial charge in [0, 0.05) is 30.8 Å². The van der Waals surface area contributed by atoms with Gasteiger partial charge < -0.3 is 15.6 Å². The monoisotopic (exact) mass is 342 g/mol. The zero-order chi connectivity index (χ0) is 17.9. The molecule has 1 fully saturated rings. The summed E-state index contributed by atoms with van der Waals surface area (Å²) in [5.41, 5.74) is 7.35. The number of nitrogens with two attached hydrogens (primary N) is 1. The molecule has 25 heavy (non-hydrogen) atoms. The predicted octanol–water partition coefficient (Wildman–Crippen LogP) is 3.37. The van der Waals surface area contributed by atoms with Crippen molar-refractivity contribution in [3.05, 3.63) is 48.1 Å². The summed E-state index contributed by atoms with van der Waals surface area (Å²) in [7, 11) is 1.66. The number of nitrogens with zero attached hydrogens (tertiary/aromatic N) is 1. The normalized spacial score (nSPS) is 27.6. The highest BCUT2D eigenvalue weighted by Gasteiger charge is 2.40. The number of ether oxygens (including phenoxy) is 1. The van der Waals surface area contributed by atoms with Crippen LogP contribution in [0.5, 0.6) is 5.75 Å². The first-order valence-electron chi connectivity index (χ1n) is 9.32. The van der Waals surface area contributed by atoms with Gasteiger partial charge in [0.15, 0.2) is 0 Å². The third-order valence-corrected chi connectivity index (χ3v) is 5.76. The smallest absolute Gasteiger partial charge is 0.144 e. The Morgan fingerprint density at radius 2 is 2.04 bits per heavy atom. The molecular weight excluding hydrogens is 312 g/mol. The molecule has 1 aromatic carbocycles. The Morgan fingerprint density at radius 3 is 2.68 bits per heavy atom. The van der Waals surface area contributed by atoms with Crippen LogP contribution in [0, 0.1) is 11.8 Å². The van der Waals surface area contributed by atoms with Gasteiger partial charge in [0.25, 0.3) is 0 Å². The highest BCUT2D eigenvalue weighted by atomic mass is 16.5. The van der Waals surface area contributed by atoms with Crippen molar-refractivity contribution in [3.63, 3.8) is 0 Å². The fourth-order valence-corrected chi connectivity index (χ4v) is 4.13. The number of nitrogen functional groups attached to an aromatic ring is 1. The molecule has 0 saturated carbocycles.